The van der Waals surface area contributed by atoms with E-state index in [1.807, 2.05) is 24.3 Å². The Labute approximate surface area is 147 Å². The molecular formula is C17H16ClFN2O2S. The molecule has 1 heterocycles. The minimum atomic E-state index is -1.11. The molecule has 0 radical (unpaired) electrons. The van der Waals surface area contributed by atoms with Crippen molar-refractivity contribution in [2.75, 3.05) is 17.2 Å². The normalized spacial score (nSPS) is 12.3. The Balaban J connectivity index is 1.98. The monoisotopic (exact) mass is 366 g/mol. The van der Waals surface area contributed by atoms with Crippen LogP contribution in [0.1, 0.15) is 6.92 Å². The molecule has 2 aromatic carbocycles. The van der Waals surface area contributed by atoms with Crippen LogP contribution >= 0.6 is 22.9 Å². The minimum Gasteiger partial charge on any atom is -0.353 e. The average molecular weight is 367 g/mol. The highest BCUT2D eigenvalue weighted by Gasteiger charge is 2.15. The lowest BCUT2D eigenvalue weighted by molar-refractivity contribution is -0.0728. The fourth-order valence-corrected chi connectivity index (χ4v) is 3.55. The van der Waals surface area contributed by atoms with Gasteiger partial charge in [-0.1, -0.05) is 29.8 Å². The second kappa shape index (κ2) is 7.36. The van der Waals surface area contributed by atoms with Crippen LogP contribution in [0.25, 0.3) is 10.1 Å². The molecule has 0 saturated carbocycles. The number of fused-ring (bicyclic) bond motifs is 1. The third-order valence-corrected chi connectivity index (χ3v) is 4.76. The van der Waals surface area contributed by atoms with E-state index in [0.717, 1.165) is 20.8 Å². The molecule has 7 heteroatoms. The second-order valence-electron chi connectivity index (χ2n) is 5.01. The van der Waals surface area contributed by atoms with Crippen LogP contribution in [0.4, 0.5) is 20.8 Å². The molecule has 0 aliphatic heterocycles. The van der Waals surface area contributed by atoms with Crippen molar-refractivity contribution in [1.29, 1.82) is 0 Å². The van der Waals surface area contributed by atoms with Crippen molar-refractivity contribution in [1.82, 2.24) is 0 Å². The van der Waals surface area contributed by atoms with Gasteiger partial charge < -0.3 is 20.5 Å². The molecule has 3 N–H and O–H groups in total. The minimum absolute atomic E-state index is 0.0448. The van der Waals surface area contributed by atoms with Gasteiger partial charge in [-0.2, -0.15) is 0 Å². The van der Waals surface area contributed by atoms with Gasteiger partial charge in [-0.3, -0.25) is 0 Å². The van der Waals surface area contributed by atoms with Crippen LogP contribution in [0, 0.1) is 5.82 Å². The fraction of sp³-hybridized carbons (Fsp3) is 0.176. The summed E-state index contributed by atoms with van der Waals surface area (Å²) in [5.74, 6) is -0.470. The van der Waals surface area contributed by atoms with Crippen molar-refractivity contribution in [3.63, 3.8) is 0 Å². The van der Waals surface area contributed by atoms with Crippen molar-refractivity contribution < 1.29 is 14.2 Å². The Morgan fingerprint density at radius 2 is 2.08 bits per heavy atom. The summed E-state index contributed by atoms with van der Waals surface area (Å²) in [6.45, 7) is 2.19. The SMILES string of the molecule is CCOC(O)Nc1sc2ccccc2c1Nc1ccc(F)c(Cl)c1. The number of aliphatic hydroxyl groups excluding tert-OH is 1. The lowest BCUT2D eigenvalue weighted by Crippen LogP contribution is -2.22. The highest BCUT2D eigenvalue weighted by atomic mass is 35.5. The largest absolute Gasteiger partial charge is 0.353 e. The van der Waals surface area contributed by atoms with Crippen molar-refractivity contribution in [3.05, 3.63) is 53.3 Å². The summed E-state index contributed by atoms with van der Waals surface area (Å²) in [6, 6.07) is 12.3. The Kier molecular flexibility index (Phi) is 5.20. The van der Waals surface area contributed by atoms with E-state index in [0.29, 0.717) is 12.3 Å². The van der Waals surface area contributed by atoms with Crippen molar-refractivity contribution in [2.24, 2.45) is 0 Å². The molecule has 0 spiro atoms. The maximum Gasteiger partial charge on any atom is 0.236 e. The molecule has 0 bridgehead atoms. The van der Waals surface area contributed by atoms with Gasteiger partial charge in [0.05, 0.1) is 10.7 Å². The number of anilines is 3. The molecule has 0 aliphatic rings. The molecule has 126 valence electrons. The summed E-state index contributed by atoms with van der Waals surface area (Å²) in [5, 5.41) is 17.8. The van der Waals surface area contributed by atoms with Gasteiger partial charge in [0.1, 0.15) is 10.8 Å². The molecule has 4 nitrogen and oxygen atoms in total. The first-order valence-electron chi connectivity index (χ1n) is 7.38. The van der Waals surface area contributed by atoms with Crippen LogP contribution in [0.2, 0.25) is 5.02 Å². The summed E-state index contributed by atoms with van der Waals surface area (Å²) in [7, 11) is 0. The number of hydrogen-bond acceptors (Lipinski definition) is 5. The predicted octanol–water partition coefficient (Wildman–Crippen LogP) is 5.16. The number of thiophene rings is 1. The number of aliphatic hydroxyl groups is 1. The van der Waals surface area contributed by atoms with Gasteiger partial charge in [-0.15, -0.1) is 11.3 Å². The molecule has 0 aliphatic carbocycles. The zero-order chi connectivity index (χ0) is 17.1. The van der Waals surface area contributed by atoms with Crippen LogP contribution in [-0.4, -0.2) is 18.1 Å². The van der Waals surface area contributed by atoms with Crippen LogP contribution in [0.5, 0.6) is 0 Å². The van der Waals surface area contributed by atoms with Crippen molar-refractivity contribution in [2.45, 2.75) is 13.3 Å². The van der Waals surface area contributed by atoms with Gasteiger partial charge in [0.15, 0.2) is 0 Å². The van der Waals surface area contributed by atoms with Crippen LogP contribution < -0.4 is 10.6 Å². The van der Waals surface area contributed by atoms with E-state index >= 15 is 0 Å². The third-order valence-electron chi connectivity index (χ3n) is 3.36. The van der Waals surface area contributed by atoms with Gasteiger partial charge in [0.25, 0.3) is 0 Å². The number of hydrogen-bond donors (Lipinski definition) is 3. The summed E-state index contributed by atoms with van der Waals surface area (Å²) in [6.07, 6.45) is -1.11. The van der Waals surface area contributed by atoms with E-state index < -0.39 is 12.2 Å². The van der Waals surface area contributed by atoms with Crippen LogP contribution in [-0.2, 0) is 4.74 Å². The van der Waals surface area contributed by atoms with Gasteiger partial charge in [0.2, 0.25) is 6.41 Å². The lowest BCUT2D eigenvalue weighted by atomic mass is 10.2. The van der Waals surface area contributed by atoms with Crippen molar-refractivity contribution in [3.8, 4) is 0 Å². The van der Waals surface area contributed by atoms with Gasteiger partial charge in [-0.05, 0) is 31.2 Å². The molecule has 1 unspecified atom stereocenters. The Morgan fingerprint density at radius 1 is 1.29 bits per heavy atom. The van der Waals surface area contributed by atoms with Gasteiger partial charge in [-0.25, -0.2) is 4.39 Å². The van der Waals surface area contributed by atoms with E-state index in [1.54, 1.807) is 13.0 Å². The zero-order valence-corrected chi connectivity index (χ0v) is 14.4. The molecule has 24 heavy (non-hydrogen) atoms. The second-order valence-corrected chi connectivity index (χ2v) is 6.47. The summed E-state index contributed by atoms with van der Waals surface area (Å²) < 4.78 is 19.5. The first kappa shape index (κ1) is 17.0. The Morgan fingerprint density at radius 3 is 2.83 bits per heavy atom. The summed E-state index contributed by atoms with van der Waals surface area (Å²) in [5.41, 5.74) is 1.43. The van der Waals surface area contributed by atoms with E-state index in [-0.39, 0.29) is 5.02 Å². The van der Waals surface area contributed by atoms with Gasteiger partial charge in [0, 0.05) is 22.4 Å². The van der Waals surface area contributed by atoms with E-state index in [2.05, 4.69) is 10.6 Å². The maximum absolute atomic E-state index is 13.3. The van der Waals surface area contributed by atoms with E-state index in [9.17, 15) is 9.50 Å². The quantitative estimate of drug-likeness (QED) is 0.527. The highest BCUT2D eigenvalue weighted by molar-refractivity contribution is 7.23. The maximum atomic E-state index is 13.3. The molecule has 1 atom stereocenters. The number of benzene rings is 2. The van der Waals surface area contributed by atoms with Crippen molar-refractivity contribution >= 4 is 49.4 Å². The molecule has 0 fully saturated rings. The smallest absolute Gasteiger partial charge is 0.236 e. The topological polar surface area (TPSA) is 53.5 Å². The molecule has 3 aromatic rings. The molecule has 1 aromatic heterocycles. The Hall–Kier alpha value is -1.86. The number of ether oxygens (including phenoxy) is 1. The molecule has 0 amide bonds. The zero-order valence-electron chi connectivity index (χ0n) is 12.8. The first-order chi connectivity index (χ1) is 11.6. The standard InChI is InChI=1S/C17H16ClFN2O2S/c1-2-23-17(22)21-16-15(11-5-3-4-6-14(11)24-16)20-10-7-8-13(19)12(18)9-10/h3-9,17,20-22H,2H2,1H3. The lowest BCUT2D eigenvalue weighted by Gasteiger charge is -2.15. The Bertz CT molecular complexity index is 856. The van der Waals surface area contributed by atoms with Gasteiger partial charge >= 0.3 is 0 Å². The van der Waals surface area contributed by atoms with E-state index in [4.69, 9.17) is 16.3 Å². The number of halogens is 2. The van der Waals surface area contributed by atoms with Crippen LogP contribution in [0.15, 0.2) is 42.5 Å². The molecule has 0 saturated heterocycles. The molecular weight excluding hydrogens is 351 g/mol. The first-order valence-corrected chi connectivity index (χ1v) is 8.57. The van der Waals surface area contributed by atoms with E-state index in [1.165, 1.54) is 23.5 Å². The summed E-state index contributed by atoms with van der Waals surface area (Å²) >= 11 is 7.33. The molecule has 3 rings (SSSR count). The fourth-order valence-electron chi connectivity index (χ4n) is 2.30. The average Bonchev–Trinajstić information content (AvgIpc) is 2.89. The third kappa shape index (κ3) is 3.62. The van der Waals surface area contributed by atoms with Crippen LogP contribution in [0.3, 0.4) is 0 Å². The summed E-state index contributed by atoms with van der Waals surface area (Å²) in [4.78, 5) is 0. The highest BCUT2D eigenvalue weighted by Crippen LogP contribution is 2.42. The number of nitrogens with one attached hydrogen (secondary N) is 2. The predicted molar refractivity (Wildman–Crippen MR) is 97.8 cm³/mol. The number of rotatable bonds is 6.